The Bertz CT molecular complexity index is 1420. The molecule has 68 heavy (non-hydrogen) atoms. The Balaban J connectivity index is 4.78. The molecule has 0 saturated heterocycles. The van der Waals surface area contributed by atoms with E-state index < -0.39 is 57.8 Å². The van der Waals surface area contributed by atoms with E-state index in [1.165, 1.54) is 25.7 Å². The monoisotopic (exact) mass is 977 g/mol. The van der Waals surface area contributed by atoms with Gasteiger partial charge in [-0.2, -0.15) is 0 Å². The number of hydrogen-bond donors (Lipinski definition) is 2. The first kappa shape index (κ1) is 64.9. The van der Waals surface area contributed by atoms with Gasteiger partial charge in [0.25, 0.3) is 0 Å². The van der Waals surface area contributed by atoms with E-state index in [4.69, 9.17) is 23.3 Å². The molecule has 0 heterocycles. The minimum absolute atomic E-state index is 0.151. The second-order valence-corrected chi connectivity index (χ2v) is 19.1. The van der Waals surface area contributed by atoms with Gasteiger partial charge in [-0.25, -0.2) is 4.57 Å². The van der Waals surface area contributed by atoms with Gasteiger partial charge in [-0.3, -0.25) is 23.4 Å². The zero-order valence-electron chi connectivity index (χ0n) is 43.1. The Labute approximate surface area is 414 Å². The molecule has 0 aromatic carbocycles. The number of hydrogen-bond acceptors (Lipinski definition) is 10. The molecular formula is C56H97O11P. The van der Waals surface area contributed by atoms with E-state index in [1.54, 1.807) is 0 Å². The molecule has 0 aliphatic heterocycles. The van der Waals surface area contributed by atoms with Crippen molar-refractivity contribution in [1.82, 2.24) is 0 Å². The summed E-state index contributed by atoms with van der Waals surface area (Å²) in [5, 5.41) is 9.77. The van der Waals surface area contributed by atoms with E-state index in [-0.39, 0.29) is 25.9 Å². The second-order valence-electron chi connectivity index (χ2n) is 17.7. The highest BCUT2D eigenvalue weighted by atomic mass is 31.2. The summed E-state index contributed by atoms with van der Waals surface area (Å²) in [5.41, 5.74) is 0. The molecule has 0 aliphatic rings. The van der Waals surface area contributed by atoms with Crippen molar-refractivity contribution in [3.63, 3.8) is 0 Å². The molecule has 0 saturated carbocycles. The SMILES string of the molecule is CC/C=C\C/C=C\C/C=C\CCCCCCCCCC(=O)OC(COC(=O)CCCCCCC/C=C\C/C=C\CCC)COP(=O)(O)OCC(CO)OC(=O)CCCCCCC/C=C\CCCC. The molecule has 0 aromatic rings. The number of phosphoric ester groups is 1. The average Bonchev–Trinajstić information content (AvgIpc) is 3.32. The second kappa shape index (κ2) is 50.3. The molecule has 0 aromatic heterocycles. The van der Waals surface area contributed by atoms with Gasteiger partial charge in [-0.05, 0) is 96.3 Å². The quantitative estimate of drug-likeness (QED) is 0.0197. The van der Waals surface area contributed by atoms with Crippen LogP contribution < -0.4 is 0 Å². The number of ether oxygens (including phenoxy) is 3. The normalized spacial score (nSPS) is 14.0. The third-order valence-corrected chi connectivity index (χ3v) is 12.0. The first-order chi connectivity index (χ1) is 33.2. The highest BCUT2D eigenvalue weighted by Crippen LogP contribution is 2.43. The topological polar surface area (TPSA) is 155 Å². The van der Waals surface area contributed by atoms with Crippen LogP contribution in [-0.2, 0) is 42.2 Å². The third-order valence-electron chi connectivity index (χ3n) is 11.1. The summed E-state index contributed by atoms with van der Waals surface area (Å²) in [5.74, 6) is -1.50. The molecule has 0 fully saturated rings. The number of allylic oxidation sites excluding steroid dienone is 12. The van der Waals surface area contributed by atoms with Gasteiger partial charge in [0.2, 0.25) is 0 Å². The molecule has 2 N–H and O–H groups in total. The molecule has 11 nitrogen and oxygen atoms in total. The van der Waals surface area contributed by atoms with Crippen LogP contribution in [0.5, 0.6) is 0 Å². The molecule has 0 radical (unpaired) electrons. The molecular weight excluding hydrogens is 880 g/mol. The van der Waals surface area contributed by atoms with Crippen LogP contribution in [0, 0.1) is 0 Å². The smallest absolute Gasteiger partial charge is 0.462 e. The van der Waals surface area contributed by atoms with Crippen LogP contribution in [0.2, 0.25) is 0 Å². The summed E-state index contributed by atoms with van der Waals surface area (Å²) in [6, 6.07) is 0. The predicted molar refractivity (Wildman–Crippen MR) is 279 cm³/mol. The number of carbonyl (C=O) groups is 3. The van der Waals surface area contributed by atoms with Gasteiger partial charge in [0.1, 0.15) is 12.7 Å². The van der Waals surface area contributed by atoms with Gasteiger partial charge in [0.05, 0.1) is 19.8 Å². The third kappa shape index (κ3) is 48.0. The lowest BCUT2D eigenvalue weighted by molar-refractivity contribution is -0.161. The maximum atomic E-state index is 12.9. The van der Waals surface area contributed by atoms with Crippen LogP contribution in [0.1, 0.15) is 226 Å². The molecule has 0 rings (SSSR count). The summed E-state index contributed by atoms with van der Waals surface area (Å²) in [6.07, 6.45) is 54.4. The van der Waals surface area contributed by atoms with Crippen molar-refractivity contribution in [2.24, 2.45) is 0 Å². The number of carbonyl (C=O) groups excluding carboxylic acids is 3. The van der Waals surface area contributed by atoms with Crippen molar-refractivity contribution in [2.75, 3.05) is 26.4 Å². The summed E-state index contributed by atoms with van der Waals surface area (Å²) in [6.45, 7) is 4.38. The van der Waals surface area contributed by atoms with Crippen molar-refractivity contribution in [3.05, 3.63) is 72.9 Å². The zero-order valence-corrected chi connectivity index (χ0v) is 43.9. The van der Waals surface area contributed by atoms with Crippen molar-refractivity contribution >= 4 is 25.7 Å². The average molecular weight is 977 g/mol. The number of aliphatic hydroxyl groups excluding tert-OH is 1. The van der Waals surface area contributed by atoms with E-state index in [0.29, 0.717) is 19.3 Å². The number of rotatable bonds is 49. The van der Waals surface area contributed by atoms with E-state index in [1.807, 2.05) is 0 Å². The Hall–Kier alpha value is -3.08. The number of phosphoric acid groups is 1. The number of esters is 3. The van der Waals surface area contributed by atoms with Gasteiger partial charge in [-0.1, -0.05) is 184 Å². The maximum Gasteiger partial charge on any atom is 0.472 e. The molecule has 12 heteroatoms. The minimum atomic E-state index is -4.75. The largest absolute Gasteiger partial charge is 0.472 e. The van der Waals surface area contributed by atoms with Gasteiger partial charge in [-0.15, -0.1) is 0 Å². The van der Waals surface area contributed by atoms with E-state index in [9.17, 15) is 28.9 Å². The first-order valence-electron chi connectivity index (χ1n) is 26.8. The van der Waals surface area contributed by atoms with Crippen molar-refractivity contribution < 1.29 is 52.2 Å². The molecule has 392 valence electrons. The summed E-state index contributed by atoms with van der Waals surface area (Å²) >= 11 is 0. The van der Waals surface area contributed by atoms with E-state index in [2.05, 4.69) is 93.7 Å². The number of aliphatic hydroxyl groups is 1. The van der Waals surface area contributed by atoms with Crippen LogP contribution in [0.3, 0.4) is 0 Å². The minimum Gasteiger partial charge on any atom is -0.462 e. The van der Waals surface area contributed by atoms with Crippen LogP contribution >= 0.6 is 7.82 Å². The molecule has 3 unspecified atom stereocenters. The summed E-state index contributed by atoms with van der Waals surface area (Å²) < 4.78 is 39.4. The van der Waals surface area contributed by atoms with Crippen molar-refractivity contribution in [2.45, 2.75) is 238 Å². The van der Waals surface area contributed by atoms with Crippen LogP contribution in [0.25, 0.3) is 0 Å². The molecule has 0 spiro atoms. The van der Waals surface area contributed by atoms with Gasteiger partial charge in [0, 0.05) is 19.3 Å². The predicted octanol–water partition coefficient (Wildman–Crippen LogP) is 15.4. The van der Waals surface area contributed by atoms with E-state index in [0.717, 1.165) is 141 Å². The Morgan fingerprint density at radius 3 is 1.25 bits per heavy atom. The number of unbranched alkanes of at least 4 members (excludes halogenated alkanes) is 20. The fourth-order valence-electron chi connectivity index (χ4n) is 6.98. The molecule has 0 bridgehead atoms. The van der Waals surface area contributed by atoms with Gasteiger partial charge in [0.15, 0.2) is 6.10 Å². The molecule has 0 amide bonds. The lowest BCUT2D eigenvalue weighted by atomic mass is 10.1. The Morgan fingerprint density at radius 1 is 0.426 bits per heavy atom. The highest BCUT2D eigenvalue weighted by molar-refractivity contribution is 7.47. The zero-order chi connectivity index (χ0) is 49.9. The van der Waals surface area contributed by atoms with Crippen molar-refractivity contribution in [1.29, 1.82) is 0 Å². The Morgan fingerprint density at radius 2 is 0.794 bits per heavy atom. The maximum absolute atomic E-state index is 12.9. The first-order valence-corrected chi connectivity index (χ1v) is 28.3. The molecule has 0 aliphatic carbocycles. The lowest BCUT2D eigenvalue weighted by Crippen LogP contribution is -2.30. The fraction of sp³-hybridized carbons (Fsp3) is 0.732. The Kier molecular flexibility index (Phi) is 48.0. The van der Waals surface area contributed by atoms with E-state index >= 15 is 0 Å². The highest BCUT2D eigenvalue weighted by Gasteiger charge is 2.28. The van der Waals surface area contributed by atoms with Crippen LogP contribution in [0.4, 0.5) is 0 Å². The standard InChI is InChI=1S/C56H97O11P/c1-4-7-10-13-16-19-22-24-25-26-27-29-32-35-38-41-44-47-56(60)67-53(49-63-54(58)45-42-39-36-33-31-28-23-20-17-14-11-8-5-2)51-65-68(61,62)64-50-52(48-57)66-55(59)46-43-40-37-34-30-21-18-15-12-9-6-3/h7,10-11,14-16,18-20,23-25,52-53,57H,4-6,8-9,12-13,17,21-22,26-51H2,1-3H3,(H,61,62)/b10-7-,14-11-,18-15-,19-16-,23-20-,25-24-. The fourth-order valence-corrected chi connectivity index (χ4v) is 7.76. The molecule has 3 atom stereocenters. The van der Waals surface area contributed by atoms with Gasteiger partial charge < -0.3 is 24.2 Å². The summed E-state index contributed by atoms with van der Waals surface area (Å²) in [4.78, 5) is 48.3. The lowest BCUT2D eigenvalue weighted by Gasteiger charge is -2.21. The van der Waals surface area contributed by atoms with Crippen molar-refractivity contribution in [3.8, 4) is 0 Å². The van der Waals surface area contributed by atoms with Gasteiger partial charge >= 0.3 is 25.7 Å². The van der Waals surface area contributed by atoms with Crippen LogP contribution in [0.15, 0.2) is 72.9 Å². The van der Waals surface area contributed by atoms with Crippen LogP contribution in [-0.4, -0.2) is 66.5 Å². The summed E-state index contributed by atoms with van der Waals surface area (Å²) in [7, 11) is -4.75.